The average molecular weight is 434 g/mol. The summed E-state index contributed by atoms with van der Waals surface area (Å²) in [5.41, 5.74) is 2.12. The van der Waals surface area contributed by atoms with Gasteiger partial charge in [0.2, 0.25) is 0 Å². The first-order valence-corrected chi connectivity index (χ1v) is 7.99. The molecule has 0 saturated heterocycles. The number of nitrogens with one attached hydrogen (secondary N) is 1. The van der Waals surface area contributed by atoms with Crippen LogP contribution in [0.2, 0.25) is 5.02 Å². The fourth-order valence-electron chi connectivity index (χ4n) is 1.79. The molecule has 3 nitrogen and oxygen atoms in total. The van der Waals surface area contributed by atoms with E-state index in [-0.39, 0.29) is 5.91 Å². The lowest BCUT2D eigenvalue weighted by Gasteiger charge is -2.13. The molecule has 0 unspecified atom stereocenters. The number of methoxy groups -OCH3 is 1. The number of ether oxygens (including phenoxy) is 1. The van der Waals surface area contributed by atoms with Gasteiger partial charge in [-0.3, -0.25) is 4.79 Å². The van der Waals surface area contributed by atoms with E-state index in [1.807, 2.05) is 13.0 Å². The summed E-state index contributed by atoms with van der Waals surface area (Å²) in [7, 11) is 1.53. The van der Waals surface area contributed by atoms with E-state index in [1.165, 1.54) is 7.11 Å². The molecule has 21 heavy (non-hydrogen) atoms. The Labute approximate surface area is 144 Å². The Morgan fingerprint density at radius 2 is 1.90 bits per heavy atom. The van der Waals surface area contributed by atoms with E-state index in [1.54, 1.807) is 24.3 Å². The second kappa shape index (κ2) is 6.81. The molecule has 0 saturated carbocycles. The number of hydrogen-bond donors (Lipinski definition) is 1. The van der Waals surface area contributed by atoms with Crippen molar-refractivity contribution in [2.45, 2.75) is 6.92 Å². The highest BCUT2D eigenvalue weighted by molar-refractivity contribution is 9.10. The van der Waals surface area contributed by atoms with Gasteiger partial charge in [-0.15, -0.1) is 0 Å². The highest BCUT2D eigenvalue weighted by Crippen LogP contribution is 2.36. The van der Waals surface area contributed by atoms with Gasteiger partial charge in [0.15, 0.2) is 5.75 Å². The topological polar surface area (TPSA) is 38.3 Å². The Morgan fingerprint density at radius 1 is 1.19 bits per heavy atom. The lowest BCUT2D eigenvalue weighted by Crippen LogP contribution is -2.13. The largest absolute Gasteiger partial charge is 0.493 e. The molecule has 0 fully saturated rings. The van der Waals surface area contributed by atoms with Crippen molar-refractivity contribution < 1.29 is 9.53 Å². The average Bonchev–Trinajstić information content (AvgIpc) is 2.41. The third kappa shape index (κ3) is 3.78. The zero-order valence-electron chi connectivity index (χ0n) is 11.3. The number of halogens is 3. The number of carbonyl (C=O) groups is 1. The Hall–Kier alpha value is -1.04. The van der Waals surface area contributed by atoms with Crippen LogP contribution in [0.5, 0.6) is 5.75 Å². The van der Waals surface area contributed by atoms with Gasteiger partial charge in [0.25, 0.3) is 5.91 Å². The van der Waals surface area contributed by atoms with E-state index in [9.17, 15) is 4.79 Å². The summed E-state index contributed by atoms with van der Waals surface area (Å²) < 4.78 is 6.84. The number of carbonyl (C=O) groups excluding carboxylic acids is 1. The summed E-state index contributed by atoms with van der Waals surface area (Å²) in [6.45, 7) is 1.96. The van der Waals surface area contributed by atoms with Crippen molar-refractivity contribution in [1.82, 2.24) is 0 Å². The molecule has 1 amide bonds. The SMILES string of the molecule is COc1c(Br)cc(Cl)cc1NC(=O)c1ccc(C)c(Br)c1. The van der Waals surface area contributed by atoms with E-state index in [2.05, 4.69) is 37.2 Å². The van der Waals surface area contributed by atoms with Gasteiger partial charge in [0.05, 0.1) is 17.3 Å². The zero-order valence-corrected chi connectivity index (χ0v) is 15.3. The van der Waals surface area contributed by atoms with Crippen LogP contribution < -0.4 is 10.1 Å². The second-order valence-corrected chi connectivity index (χ2v) is 6.53. The molecule has 2 aromatic carbocycles. The minimum absolute atomic E-state index is 0.233. The Balaban J connectivity index is 2.33. The number of anilines is 1. The van der Waals surface area contributed by atoms with E-state index in [0.717, 1.165) is 10.0 Å². The fourth-order valence-corrected chi connectivity index (χ4v) is 3.14. The maximum absolute atomic E-state index is 12.3. The minimum atomic E-state index is -0.233. The third-order valence-electron chi connectivity index (χ3n) is 2.89. The molecule has 0 atom stereocenters. The van der Waals surface area contributed by atoms with Crippen molar-refractivity contribution in [1.29, 1.82) is 0 Å². The van der Waals surface area contributed by atoms with Crippen LogP contribution in [0.1, 0.15) is 15.9 Å². The van der Waals surface area contributed by atoms with E-state index in [4.69, 9.17) is 16.3 Å². The molecular weight excluding hydrogens is 421 g/mol. The molecule has 0 aliphatic rings. The normalized spacial score (nSPS) is 10.3. The standard InChI is InChI=1S/C15H12Br2ClNO2/c1-8-3-4-9(5-11(8)16)15(20)19-13-7-10(18)6-12(17)14(13)21-2/h3-7H,1-2H3,(H,19,20). The quantitative estimate of drug-likeness (QED) is 0.701. The highest BCUT2D eigenvalue weighted by Gasteiger charge is 2.14. The molecular formula is C15H12Br2ClNO2. The summed E-state index contributed by atoms with van der Waals surface area (Å²) in [4.78, 5) is 12.3. The van der Waals surface area contributed by atoms with Crippen molar-refractivity contribution in [2.24, 2.45) is 0 Å². The van der Waals surface area contributed by atoms with Crippen LogP contribution in [0.15, 0.2) is 39.3 Å². The monoisotopic (exact) mass is 431 g/mol. The lowest BCUT2D eigenvalue weighted by atomic mass is 10.1. The van der Waals surface area contributed by atoms with Gasteiger partial charge in [-0.1, -0.05) is 33.6 Å². The summed E-state index contributed by atoms with van der Waals surface area (Å²) in [6.07, 6.45) is 0. The van der Waals surface area contributed by atoms with Crippen molar-refractivity contribution in [2.75, 3.05) is 12.4 Å². The molecule has 1 N–H and O–H groups in total. The molecule has 110 valence electrons. The maximum Gasteiger partial charge on any atom is 0.255 e. The first-order valence-electron chi connectivity index (χ1n) is 6.03. The lowest BCUT2D eigenvalue weighted by molar-refractivity contribution is 0.102. The molecule has 0 heterocycles. The fraction of sp³-hybridized carbons (Fsp3) is 0.133. The number of aryl methyl sites for hydroxylation is 1. The second-order valence-electron chi connectivity index (χ2n) is 4.39. The van der Waals surface area contributed by atoms with Crippen molar-refractivity contribution in [3.8, 4) is 5.75 Å². The van der Waals surface area contributed by atoms with Crippen molar-refractivity contribution in [3.05, 3.63) is 55.4 Å². The molecule has 0 spiro atoms. The van der Waals surface area contributed by atoms with Gasteiger partial charge >= 0.3 is 0 Å². The van der Waals surface area contributed by atoms with Crippen LogP contribution in [0.3, 0.4) is 0 Å². The van der Waals surface area contributed by atoms with Crippen LogP contribution in [-0.4, -0.2) is 13.0 Å². The summed E-state index contributed by atoms with van der Waals surface area (Å²) in [5.74, 6) is 0.294. The number of hydrogen-bond acceptors (Lipinski definition) is 2. The number of rotatable bonds is 3. The molecule has 2 aromatic rings. The van der Waals surface area contributed by atoms with Gasteiger partial charge < -0.3 is 10.1 Å². The van der Waals surface area contributed by atoms with Gasteiger partial charge in [0, 0.05) is 15.1 Å². The summed E-state index contributed by atoms with van der Waals surface area (Å²) in [5, 5.41) is 3.31. The Morgan fingerprint density at radius 3 is 2.52 bits per heavy atom. The minimum Gasteiger partial charge on any atom is -0.493 e. The highest BCUT2D eigenvalue weighted by atomic mass is 79.9. The molecule has 0 aliphatic carbocycles. The first kappa shape index (κ1) is 16.3. The predicted octanol–water partition coefficient (Wildman–Crippen LogP) is 5.43. The molecule has 0 radical (unpaired) electrons. The van der Waals surface area contributed by atoms with Gasteiger partial charge in [-0.05, 0) is 52.7 Å². The Kier molecular flexibility index (Phi) is 5.30. The molecule has 6 heteroatoms. The van der Waals surface area contributed by atoms with Crippen LogP contribution in [0, 0.1) is 6.92 Å². The van der Waals surface area contributed by atoms with Crippen LogP contribution in [0.25, 0.3) is 0 Å². The molecule has 0 bridgehead atoms. The van der Waals surface area contributed by atoms with Crippen molar-refractivity contribution >= 4 is 55.1 Å². The third-order valence-corrected chi connectivity index (χ3v) is 4.56. The maximum atomic E-state index is 12.3. The van der Waals surface area contributed by atoms with Gasteiger partial charge in [0.1, 0.15) is 0 Å². The van der Waals surface area contributed by atoms with Crippen LogP contribution in [0.4, 0.5) is 5.69 Å². The number of benzene rings is 2. The molecule has 2 rings (SSSR count). The van der Waals surface area contributed by atoms with Gasteiger partial charge in [-0.25, -0.2) is 0 Å². The van der Waals surface area contributed by atoms with E-state index < -0.39 is 0 Å². The predicted molar refractivity (Wildman–Crippen MR) is 92.5 cm³/mol. The summed E-state index contributed by atoms with van der Waals surface area (Å²) in [6, 6.07) is 8.77. The zero-order chi connectivity index (χ0) is 15.6. The first-order chi connectivity index (χ1) is 9.92. The van der Waals surface area contributed by atoms with E-state index in [0.29, 0.717) is 26.5 Å². The van der Waals surface area contributed by atoms with Crippen LogP contribution >= 0.6 is 43.5 Å². The molecule has 0 aromatic heterocycles. The molecule has 0 aliphatic heterocycles. The van der Waals surface area contributed by atoms with Crippen molar-refractivity contribution in [3.63, 3.8) is 0 Å². The van der Waals surface area contributed by atoms with E-state index >= 15 is 0 Å². The smallest absolute Gasteiger partial charge is 0.255 e. The van der Waals surface area contributed by atoms with Gasteiger partial charge in [-0.2, -0.15) is 0 Å². The summed E-state index contributed by atoms with van der Waals surface area (Å²) >= 11 is 12.8. The van der Waals surface area contributed by atoms with Crippen LogP contribution in [-0.2, 0) is 0 Å². The Bertz CT molecular complexity index is 704. The number of amides is 1.